The van der Waals surface area contributed by atoms with Gasteiger partial charge in [-0.2, -0.15) is 10.2 Å². The van der Waals surface area contributed by atoms with Crippen LogP contribution in [0.5, 0.6) is 0 Å². The molecule has 0 saturated carbocycles. The van der Waals surface area contributed by atoms with Crippen LogP contribution >= 0.6 is 0 Å². The third kappa shape index (κ3) is 3.68. The van der Waals surface area contributed by atoms with Crippen molar-refractivity contribution in [1.82, 2.24) is 20.3 Å². The van der Waals surface area contributed by atoms with E-state index < -0.39 is 0 Å². The zero-order valence-electron chi connectivity index (χ0n) is 12.5. The fourth-order valence-corrected chi connectivity index (χ4v) is 2.04. The minimum absolute atomic E-state index is 0.189. The first-order chi connectivity index (χ1) is 11.2. The Kier molecular flexibility index (Phi) is 4.25. The molecule has 0 spiro atoms. The summed E-state index contributed by atoms with van der Waals surface area (Å²) in [6.07, 6.45) is 0.594. The lowest BCUT2D eigenvalue weighted by Crippen LogP contribution is -2.10. The van der Waals surface area contributed by atoms with Crippen molar-refractivity contribution in [3.63, 3.8) is 0 Å². The van der Waals surface area contributed by atoms with Crippen molar-refractivity contribution in [2.75, 3.05) is 5.32 Å². The fourth-order valence-electron chi connectivity index (χ4n) is 2.04. The summed E-state index contributed by atoms with van der Waals surface area (Å²) in [7, 11) is 0. The highest BCUT2D eigenvalue weighted by molar-refractivity contribution is 5.36. The molecule has 2 heterocycles. The molecule has 3 rings (SSSR count). The van der Waals surface area contributed by atoms with E-state index in [1.54, 1.807) is 12.1 Å². The van der Waals surface area contributed by atoms with Crippen LogP contribution in [0.25, 0.3) is 0 Å². The van der Waals surface area contributed by atoms with Gasteiger partial charge in [-0.3, -0.25) is 0 Å². The van der Waals surface area contributed by atoms with Crippen LogP contribution in [-0.2, 0) is 6.42 Å². The summed E-state index contributed by atoms with van der Waals surface area (Å²) in [5.74, 6) is 1.65. The van der Waals surface area contributed by atoms with Crippen molar-refractivity contribution in [1.29, 1.82) is 5.26 Å². The Morgan fingerprint density at radius 2 is 2.00 bits per heavy atom. The van der Waals surface area contributed by atoms with Gasteiger partial charge in [-0.05, 0) is 24.6 Å². The highest BCUT2D eigenvalue weighted by Crippen LogP contribution is 2.16. The Balaban J connectivity index is 1.66. The quantitative estimate of drug-likeness (QED) is 0.772. The summed E-state index contributed by atoms with van der Waals surface area (Å²) in [6, 6.07) is 15.0. The van der Waals surface area contributed by atoms with Gasteiger partial charge in [0, 0.05) is 0 Å². The third-order valence-corrected chi connectivity index (χ3v) is 3.21. The van der Waals surface area contributed by atoms with Crippen LogP contribution in [0.15, 0.2) is 47.0 Å². The summed E-state index contributed by atoms with van der Waals surface area (Å²) in [4.78, 5) is 4.39. The predicted octanol–water partition coefficient (Wildman–Crippen LogP) is 2.50. The molecule has 3 aromatic rings. The number of hydrogen-bond acceptors (Lipinski definition) is 7. The second-order valence-corrected chi connectivity index (χ2v) is 4.99. The molecule has 0 fully saturated rings. The van der Waals surface area contributed by atoms with E-state index in [1.165, 1.54) is 0 Å². The van der Waals surface area contributed by atoms with Gasteiger partial charge in [0.15, 0.2) is 11.5 Å². The van der Waals surface area contributed by atoms with E-state index in [4.69, 9.17) is 9.78 Å². The lowest BCUT2D eigenvalue weighted by Gasteiger charge is -2.09. The highest BCUT2D eigenvalue weighted by Gasteiger charge is 2.14. The number of aromatic nitrogens is 4. The summed E-state index contributed by atoms with van der Waals surface area (Å²) in [5, 5.41) is 23.5. The molecule has 0 saturated heterocycles. The van der Waals surface area contributed by atoms with Gasteiger partial charge in [0.05, 0.1) is 12.5 Å². The molecule has 1 unspecified atom stereocenters. The van der Waals surface area contributed by atoms with Crippen molar-refractivity contribution in [3.8, 4) is 6.07 Å². The van der Waals surface area contributed by atoms with E-state index >= 15 is 0 Å². The molecule has 0 aliphatic rings. The molecule has 1 N–H and O–H groups in total. The van der Waals surface area contributed by atoms with E-state index in [1.807, 2.05) is 43.3 Å². The number of benzene rings is 1. The normalized spacial score (nSPS) is 11.7. The molecule has 1 aromatic carbocycles. The highest BCUT2D eigenvalue weighted by atomic mass is 16.5. The first-order valence-corrected chi connectivity index (χ1v) is 7.11. The molecule has 2 aromatic heterocycles. The molecule has 7 nitrogen and oxygen atoms in total. The molecule has 0 radical (unpaired) electrons. The van der Waals surface area contributed by atoms with Gasteiger partial charge in [0.1, 0.15) is 11.9 Å². The molecule has 0 aliphatic heterocycles. The monoisotopic (exact) mass is 306 g/mol. The molecule has 23 heavy (non-hydrogen) atoms. The number of anilines is 1. The van der Waals surface area contributed by atoms with Crippen molar-refractivity contribution >= 4 is 5.82 Å². The Hall–Kier alpha value is -3.27. The van der Waals surface area contributed by atoms with Gasteiger partial charge in [-0.15, -0.1) is 10.2 Å². The topological polar surface area (TPSA) is 101 Å². The van der Waals surface area contributed by atoms with Crippen LogP contribution in [0.1, 0.15) is 35.9 Å². The lowest BCUT2D eigenvalue weighted by atomic mass is 10.1. The SMILES string of the molecule is CC(Nc1ccc(C#N)nn1)c1noc(Cc2ccccc2)n1. The van der Waals surface area contributed by atoms with Crippen molar-refractivity contribution in [2.45, 2.75) is 19.4 Å². The Bertz CT molecular complexity index is 807. The summed E-state index contributed by atoms with van der Waals surface area (Å²) >= 11 is 0. The standard InChI is InChI=1S/C16H14N6O/c1-11(18-14-8-7-13(10-17)20-21-14)16-19-15(23-22-16)9-12-5-3-2-4-6-12/h2-8,11H,9H2,1H3,(H,18,21). The van der Waals surface area contributed by atoms with Crippen LogP contribution in [0.4, 0.5) is 5.82 Å². The fraction of sp³-hybridized carbons (Fsp3) is 0.188. The van der Waals surface area contributed by atoms with E-state index in [-0.39, 0.29) is 11.7 Å². The van der Waals surface area contributed by atoms with Gasteiger partial charge in [-0.25, -0.2) is 0 Å². The molecular formula is C16H14N6O. The first-order valence-electron chi connectivity index (χ1n) is 7.11. The van der Waals surface area contributed by atoms with Gasteiger partial charge < -0.3 is 9.84 Å². The maximum absolute atomic E-state index is 8.71. The second kappa shape index (κ2) is 6.66. The van der Waals surface area contributed by atoms with Crippen molar-refractivity contribution in [3.05, 3.63) is 65.4 Å². The van der Waals surface area contributed by atoms with Crippen molar-refractivity contribution in [2.24, 2.45) is 0 Å². The smallest absolute Gasteiger partial charge is 0.231 e. The minimum atomic E-state index is -0.189. The number of nitrogens with zero attached hydrogens (tertiary/aromatic N) is 5. The Labute approximate surface area is 133 Å². The number of nitrogens with one attached hydrogen (secondary N) is 1. The zero-order chi connectivity index (χ0) is 16.1. The molecular weight excluding hydrogens is 292 g/mol. The van der Waals surface area contributed by atoms with Crippen molar-refractivity contribution < 1.29 is 4.52 Å². The minimum Gasteiger partial charge on any atom is -0.359 e. The van der Waals surface area contributed by atoms with Crippen LogP contribution < -0.4 is 5.32 Å². The maximum atomic E-state index is 8.71. The number of rotatable bonds is 5. The Morgan fingerprint density at radius 1 is 1.17 bits per heavy atom. The summed E-state index contributed by atoms with van der Waals surface area (Å²) in [6.45, 7) is 1.90. The van der Waals surface area contributed by atoms with Gasteiger partial charge in [-0.1, -0.05) is 35.5 Å². The van der Waals surface area contributed by atoms with Gasteiger partial charge in [0.2, 0.25) is 5.89 Å². The second-order valence-electron chi connectivity index (χ2n) is 4.99. The van der Waals surface area contributed by atoms with Crippen LogP contribution in [-0.4, -0.2) is 20.3 Å². The van der Waals surface area contributed by atoms with Crippen LogP contribution in [0.3, 0.4) is 0 Å². The maximum Gasteiger partial charge on any atom is 0.231 e. The lowest BCUT2D eigenvalue weighted by molar-refractivity contribution is 0.377. The predicted molar refractivity (Wildman–Crippen MR) is 82.3 cm³/mol. The zero-order valence-corrected chi connectivity index (χ0v) is 12.5. The van der Waals surface area contributed by atoms with Crippen LogP contribution in [0, 0.1) is 11.3 Å². The van der Waals surface area contributed by atoms with Crippen LogP contribution in [0.2, 0.25) is 0 Å². The average molecular weight is 306 g/mol. The van der Waals surface area contributed by atoms with E-state index in [9.17, 15) is 0 Å². The molecule has 0 bridgehead atoms. The first kappa shape index (κ1) is 14.7. The largest absolute Gasteiger partial charge is 0.359 e. The summed E-state index contributed by atoms with van der Waals surface area (Å²) < 4.78 is 5.28. The number of hydrogen-bond donors (Lipinski definition) is 1. The van der Waals surface area contributed by atoms with Gasteiger partial charge >= 0.3 is 0 Å². The summed E-state index contributed by atoms with van der Waals surface area (Å²) in [5.41, 5.74) is 1.38. The molecule has 7 heteroatoms. The number of nitriles is 1. The molecule has 1 atom stereocenters. The van der Waals surface area contributed by atoms with E-state index in [2.05, 4.69) is 25.7 Å². The Morgan fingerprint density at radius 3 is 2.70 bits per heavy atom. The average Bonchev–Trinajstić information content (AvgIpc) is 3.05. The molecule has 0 aliphatic carbocycles. The third-order valence-electron chi connectivity index (χ3n) is 3.21. The van der Waals surface area contributed by atoms with E-state index in [0.29, 0.717) is 24.0 Å². The molecule has 0 amide bonds. The van der Waals surface area contributed by atoms with E-state index in [0.717, 1.165) is 5.56 Å². The molecule has 114 valence electrons. The van der Waals surface area contributed by atoms with Gasteiger partial charge in [0.25, 0.3) is 0 Å².